The van der Waals surface area contributed by atoms with Crippen molar-refractivity contribution in [2.24, 2.45) is 4.99 Å². The Labute approximate surface area is 301 Å². The summed E-state index contributed by atoms with van der Waals surface area (Å²) in [7, 11) is 1.28. The van der Waals surface area contributed by atoms with Crippen molar-refractivity contribution in [3.63, 3.8) is 0 Å². The van der Waals surface area contributed by atoms with E-state index < -0.39 is 18.0 Å². The summed E-state index contributed by atoms with van der Waals surface area (Å²) < 4.78 is 30.0. The van der Waals surface area contributed by atoms with Crippen LogP contribution >= 0.6 is 11.3 Å². The van der Waals surface area contributed by atoms with E-state index in [9.17, 15) is 14.4 Å². The highest BCUT2D eigenvalue weighted by Gasteiger charge is 2.34. The van der Waals surface area contributed by atoms with Gasteiger partial charge >= 0.3 is 11.9 Å². The lowest BCUT2D eigenvalue weighted by Crippen LogP contribution is -2.40. The molecule has 1 atom stereocenters. The van der Waals surface area contributed by atoms with Crippen LogP contribution in [-0.4, -0.2) is 56.5 Å². The Morgan fingerprint density at radius 2 is 1.67 bits per heavy atom. The quantitative estimate of drug-likeness (QED) is 0.154. The Bertz CT molecular complexity index is 2080. The van der Waals surface area contributed by atoms with E-state index in [1.165, 1.54) is 23.0 Å². The number of aromatic nitrogens is 1. The number of anilines is 1. The number of esters is 2. The minimum Gasteiger partial charge on any atom is -0.490 e. The maximum absolute atomic E-state index is 14.4. The van der Waals surface area contributed by atoms with Gasteiger partial charge in [0.25, 0.3) is 5.56 Å². The molecule has 4 aromatic rings. The Morgan fingerprint density at radius 1 is 0.902 bits per heavy atom. The van der Waals surface area contributed by atoms with Gasteiger partial charge in [-0.2, -0.15) is 0 Å². The first-order chi connectivity index (χ1) is 24.7. The standard InChI is InChI=1S/C39H43N3O8S/c1-7-41(8-2)29-18-16-27(31(22-29)49-23-26-14-12-11-13-15-26)21-33-37(44)42-36(35(38(45)48-10-4)25(5)40-39(42)51-33)28-17-19-30(32(20-28)47-9-3)50-24-34(43)46-6/h11-22,36H,7-10,23-24H2,1-6H3/b33-21+/t36-/m0/s1. The predicted molar refractivity (Wildman–Crippen MR) is 196 cm³/mol. The molecule has 0 radical (unpaired) electrons. The number of thiazole rings is 1. The molecule has 0 aliphatic carbocycles. The van der Waals surface area contributed by atoms with Crippen molar-refractivity contribution in [2.75, 3.05) is 44.9 Å². The fraction of sp³-hybridized carbons (Fsp3) is 0.333. The second-order valence-electron chi connectivity index (χ2n) is 11.5. The van der Waals surface area contributed by atoms with E-state index in [2.05, 4.69) is 18.7 Å². The molecule has 5 rings (SSSR count). The van der Waals surface area contributed by atoms with Crippen LogP contribution in [0.2, 0.25) is 0 Å². The molecule has 0 bridgehead atoms. The Hall–Kier alpha value is -5.36. The highest BCUT2D eigenvalue weighted by molar-refractivity contribution is 7.07. The fourth-order valence-corrected chi connectivity index (χ4v) is 6.85. The van der Waals surface area contributed by atoms with Crippen molar-refractivity contribution in [3.05, 3.63) is 114 Å². The van der Waals surface area contributed by atoms with Crippen molar-refractivity contribution in [1.29, 1.82) is 0 Å². The number of benzene rings is 3. The van der Waals surface area contributed by atoms with Crippen molar-refractivity contribution in [2.45, 2.75) is 47.3 Å². The van der Waals surface area contributed by atoms with E-state index in [0.717, 1.165) is 29.9 Å². The van der Waals surface area contributed by atoms with Gasteiger partial charge in [-0.15, -0.1) is 0 Å². The van der Waals surface area contributed by atoms with Gasteiger partial charge in [-0.25, -0.2) is 14.6 Å². The largest absolute Gasteiger partial charge is 0.490 e. The SMILES string of the molecule is CCOC(=O)C1=C(C)N=c2s/c(=C/c3ccc(N(CC)CC)cc3OCc3ccccc3)c(=O)n2[C@H]1c1ccc(OCC(=O)OC)c(OCC)c1. The third-order valence-corrected chi connectivity index (χ3v) is 9.31. The molecule has 12 heteroatoms. The van der Waals surface area contributed by atoms with Gasteiger partial charge in [0.2, 0.25) is 0 Å². The molecule has 0 saturated carbocycles. The number of methoxy groups -OCH3 is 1. The molecule has 0 saturated heterocycles. The topological polar surface area (TPSA) is 118 Å². The highest BCUT2D eigenvalue weighted by Crippen LogP contribution is 2.36. The van der Waals surface area contributed by atoms with E-state index in [1.807, 2.05) is 61.5 Å². The monoisotopic (exact) mass is 713 g/mol. The number of carbonyl (C=O) groups is 2. The molecule has 1 aliphatic heterocycles. The summed E-state index contributed by atoms with van der Waals surface area (Å²) >= 11 is 1.23. The number of allylic oxidation sites excluding steroid dienone is 1. The summed E-state index contributed by atoms with van der Waals surface area (Å²) in [6, 6.07) is 20.1. The molecule has 1 aromatic heterocycles. The van der Waals surface area contributed by atoms with E-state index in [-0.39, 0.29) is 24.3 Å². The average Bonchev–Trinajstić information content (AvgIpc) is 3.44. The lowest BCUT2D eigenvalue weighted by molar-refractivity contribution is -0.143. The molecule has 268 valence electrons. The second-order valence-corrected chi connectivity index (χ2v) is 12.5. The van der Waals surface area contributed by atoms with Crippen LogP contribution in [0.5, 0.6) is 17.2 Å². The predicted octanol–water partition coefficient (Wildman–Crippen LogP) is 5.17. The first-order valence-corrected chi connectivity index (χ1v) is 17.8. The van der Waals surface area contributed by atoms with Gasteiger partial charge in [0.05, 0.1) is 42.2 Å². The summed E-state index contributed by atoms with van der Waals surface area (Å²) in [5.74, 6) is 0.164. The van der Waals surface area contributed by atoms with Gasteiger partial charge in [0.1, 0.15) is 12.4 Å². The molecule has 0 fully saturated rings. The van der Waals surface area contributed by atoms with Gasteiger partial charge in [-0.3, -0.25) is 9.36 Å². The molecule has 3 aromatic carbocycles. The maximum atomic E-state index is 14.4. The van der Waals surface area contributed by atoms with Crippen LogP contribution in [0.1, 0.15) is 57.4 Å². The van der Waals surface area contributed by atoms with Crippen molar-refractivity contribution in [1.82, 2.24) is 4.57 Å². The minimum atomic E-state index is -0.879. The van der Waals surface area contributed by atoms with Crippen LogP contribution in [0.25, 0.3) is 6.08 Å². The van der Waals surface area contributed by atoms with Gasteiger partial charge in [0, 0.05) is 30.4 Å². The van der Waals surface area contributed by atoms with E-state index in [1.54, 1.807) is 32.0 Å². The van der Waals surface area contributed by atoms with Crippen LogP contribution in [0.4, 0.5) is 5.69 Å². The molecule has 0 amide bonds. The maximum Gasteiger partial charge on any atom is 0.343 e. The van der Waals surface area contributed by atoms with Gasteiger partial charge in [-0.05, 0) is 76.1 Å². The van der Waals surface area contributed by atoms with Crippen LogP contribution in [0.15, 0.2) is 87.8 Å². The molecule has 2 heterocycles. The zero-order valence-corrected chi connectivity index (χ0v) is 30.6. The Kier molecular flexibility index (Phi) is 12.3. The summed E-state index contributed by atoms with van der Waals surface area (Å²) in [5.41, 5.74) is 3.68. The molecule has 11 nitrogen and oxygen atoms in total. The lowest BCUT2D eigenvalue weighted by atomic mass is 9.95. The number of fused-ring (bicyclic) bond motifs is 1. The highest BCUT2D eigenvalue weighted by atomic mass is 32.1. The smallest absolute Gasteiger partial charge is 0.343 e. The fourth-order valence-electron chi connectivity index (χ4n) is 5.81. The Balaban J connectivity index is 1.65. The second kappa shape index (κ2) is 17.0. The van der Waals surface area contributed by atoms with Crippen LogP contribution in [0, 0.1) is 0 Å². The first-order valence-electron chi connectivity index (χ1n) is 16.9. The van der Waals surface area contributed by atoms with E-state index in [0.29, 0.717) is 51.1 Å². The lowest BCUT2D eigenvalue weighted by Gasteiger charge is -2.25. The van der Waals surface area contributed by atoms with E-state index in [4.69, 9.17) is 28.7 Å². The number of rotatable bonds is 15. The van der Waals surface area contributed by atoms with E-state index >= 15 is 0 Å². The molecular weight excluding hydrogens is 671 g/mol. The van der Waals surface area contributed by atoms with Crippen molar-refractivity contribution in [3.8, 4) is 17.2 Å². The summed E-state index contributed by atoms with van der Waals surface area (Å²) in [6.45, 7) is 11.6. The van der Waals surface area contributed by atoms with Crippen LogP contribution < -0.4 is 34.0 Å². The number of ether oxygens (including phenoxy) is 5. The molecule has 1 aliphatic rings. The van der Waals surface area contributed by atoms with Crippen LogP contribution in [0.3, 0.4) is 0 Å². The van der Waals surface area contributed by atoms with Gasteiger partial charge in [-0.1, -0.05) is 47.7 Å². The Morgan fingerprint density at radius 3 is 2.35 bits per heavy atom. The summed E-state index contributed by atoms with van der Waals surface area (Å²) in [4.78, 5) is 47.1. The first kappa shape index (κ1) is 36.9. The molecule has 51 heavy (non-hydrogen) atoms. The van der Waals surface area contributed by atoms with Crippen molar-refractivity contribution < 1.29 is 33.3 Å². The van der Waals surface area contributed by atoms with Crippen LogP contribution in [-0.2, 0) is 25.7 Å². The third-order valence-electron chi connectivity index (χ3n) is 8.32. The molecular formula is C39H43N3O8S. The summed E-state index contributed by atoms with van der Waals surface area (Å²) in [5, 5.41) is 0. The average molecular weight is 714 g/mol. The summed E-state index contributed by atoms with van der Waals surface area (Å²) in [6.07, 6.45) is 1.81. The normalized spacial score (nSPS) is 14.0. The molecule has 0 spiro atoms. The van der Waals surface area contributed by atoms with Gasteiger partial charge in [0.15, 0.2) is 22.9 Å². The van der Waals surface area contributed by atoms with Crippen molar-refractivity contribution >= 4 is 35.0 Å². The molecule has 0 N–H and O–H groups in total. The minimum absolute atomic E-state index is 0.145. The zero-order valence-electron chi connectivity index (χ0n) is 29.8. The zero-order chi connectivity index (χ0) is 36.5. The number of hydrogen-bond acceptors (Lipinski definition) is 11. The third kappa shape index (κ3) is 8.34. The number of hydrogen-bond donors (Lipinski definition) is 0. The number of nitrogens with zero attached hydrogens (tertiary/aromatic N) is 3. The van der Waals surface area contributed by atoms with Gasteiger partial charge < -0.3 is 28.6 Å². The molecule has 0 unspecified atom stereocenters. The number of carbonyl (C=O) groups excluding carboxylic acids is 2.